The summed E-state index contributed by atoms with van der Waals surface area (Å²) in [5.74, 6) is 0. The maximum absolute atomic E-state index is 2.52. The molecular weight excluding hydrogens is 719 g/mol. The first kappa shape index (κ1) is 35.2. The van der Waals surface area contributed by atoms with Gasteiger partial charge in [0.15, 0.2) is 0 Å². The highest BCUT2D eigenvalue weighted by molar-refractivity contribution is 7.25. The Morgan fingerprint density at radius 1 is 0.500 bits per heavy atom. The van der Waals surface area contributed by atoms with Gasteiger partial charge >= 0.3 is 0 Å². The summed E-state index contributed by atoms with van der Waals surface area (Å²) >= 11 is 1.88. The fourth-order valence-electron chi connectivity index (χ4n) is 10.5. The SMILES string of the molecule is CC(C)(C)c1ccc(C2(c3ccccc3)c3ccccc3-c3ccc(N(c4ccc5c(c4)C(C)(C)C4=CCCC=C45)c4ccc5sc6ccccc6c5c4)cc32)cc1. The van der Waals surface area contributed by atoms with Crippen molar-refractivity contribution in [1.82, 2.24) is 0 Å². The van der Waals surface area contributed by atoms with E-state index in [9.17, 15) is 0 Å². The van der Waals surface area contributed by atoms with Crippen LogP contribution < -0.4 is 4.90 Å². The Balaban J connectivity index is 1.18. The molecule has 3 aliphatic rings. The Hall–Kier alpha value is -5.96. The van der Waals surface area contributed by atoms with Crippen molar-refractivity contribution in [1.29, 1.82) is 0 Å². The summed E-state index contributed by atoms with van der Waals surface area (Å²) in [7, 11) is 0. The average Bonchev–Trinajstić information content (AvgIpc) is 3.84. The zero-order valence-electron chi connectivity index (χ0n) is 33.9. The minimum Gasteiger partial charge on any atom is -0.310 e. The highest BCUT2D eigenvalue weighted by atomic mass is 32.1. The van der Waals surface area contributed by atoms with Gasteiger partial charge < -0.3 is 4.90 Å². The zero-order chi connectivity index (χ0) is 39.4. The topological polar surface area (TPSA) is 3.24 Å². The van der Waals surface area contributed by atoms with Gasteiger partial charge in [-0.05, 0) is 128 Å². The fraction of sp³-hybridized carbons (Fsp3) is 0.179. The molecule has 0 fully saturated rings. The van der Waals surface area contributed by atoms with Crippen LogP contribution >= 0.6 is 11.3 Å². The molecule has 0 spiro atoms. The summed E-state index contributed by atoms with van der Waals surface area (Å²) in [6, 6.07) is 60.2. The number of allylic oxidation sites excluding steroid dienone is 4. The van der Waals surface area contributed by atoms with Gasteiger partial charge in [0.05, 0.1) is 5.41 Å². The molecule has 8 aromatic rings. The number of hydrogen-bond donors (Lipinski definition) is 0. The minimum absolute atomic E-state index is 0.0573. The number of fused-ring (bicyclic) bond motifs is 9. The Morgan fingerprint density at radius 3 is 1.90 bits per heavy atom. The lowest BCUT2D eigenvalue weighted by Gasteiger charge is -2.35. The van der Waals surface area contributed by atoms with Crippen LogP contribution in [-0.4, -0.2) is 0 Å². The molecule has 1 unspecified atom stereocenters. The van der Waals surface area contributed by atoms with Crippen molar-refractivity contribution in [2.45, 2.75) is 63.7 Å². The lowest BCUT2D eigenvalue weighted by Crippen LogP contribution is -2.29. The van der Waals surface area contributed by atoms with E-state index in [1.165, 1.54) is 87.1 Å². The first-order chi connectivity index (χ1) is 28.1. The highest BCUT2D eigenvalue weighted by Crippen LogP contribution is 2.58. The normalized spacial score (nSPS) is 17.7. The van der Waals surface area contributed by atoms with Crippen molar-refractivity contribution < 1.29 is 0 Å². The molecule has 282 valence electrons. The third-order valence-electron chi connectivity index (χ3n) is 13.3. The van der Waals surface area contributed by atoms with Crippen LogP contribution in [0.4, 0.5) is 17.1 Å². The molecule has 0 bridgehead atoms. The van der Waals surface area contributed by atoms with E-state index < -0.39 is 5.41 Å². The van der Waals surface area contributed by atoms with Crippen LogP contribution in [-0.2, 0) is 16.2 Å². The van der Waals surface area contributed by atoms with Crippen molar-refractivity contribution in [2.24, 2.45) is 0 Å². The summed E-state index contributed by atoms with van der Waals surface area (Å²) < 4.78 is 2.64. The zero-order valence-corrected chi connectivity index (χ0v) is 34.8. The monoisotopic (exact) mass is 765 g/mol. The van der Waals surface area contributed by atoms with Crippen molar-refractivity contribution in [3.63, 3.8) is 0 Å². The van der Waals surface area contributed by atoms with E-state index in [0.29, 0.717) is 0 Å². The van der Waals surface area contributed by atoms with E-state index in [1.807, 2.05) is 11.3 Å². The van der Waals surface area contributed by atoms with Gasteiger partial charge in [0.25, 0.3) is 0 Å². The molecule has 1 atom stereocenters. The van der Waals surface area contributed by atoms with Gasteiger partial charge in [-0.2, -0.15) is 0 Å². The third kappa shape index (κ3) is 5.07. The number of anilines is 3. The lowest BCUT2D eigenvalue weighted by atomic mass is 9.67. The summed E-state index contributed by atoms with van der Waals surface area (Å²) in [6.07, 6.45) is 7.17. The van der Waals surface area contributed by atoms with Crippen LogP contribution in [0.25, 0.3) is 36.9 Å². The largest absolute Gasteiger partial charge is 0.310 e. The molecule has 11 rings (SSSR count). The van der Waals surface area contributed by atoms with Crippen LogP contribution in [0.1, 0.15) is 86.4 Å². The van der Waals surface area contributed by atoms with E-state index in [2.05, 4.69) is 209 Å². The maximum Gasteiger partial charge on any atom is 0.0714 e. The second-order valence-electron chi connectivity index (χ2n) is 18.0. The summed E-state index contributed by atoms with van der Waals surface area (Å²) in [5.41, 5.74) is 17.8. The van der Waals surface area contributed by atoms with Gasteiger partial charge in [-0.1, -0.05) is 156 Å². The van der Waals surface area contributed by atoms with Crippen LogP contribution in [0.5, 0.6) is 0 Å². The maximum atomic E-state index is 2.52. The number of hydrogen-bond acceptors (Lipinski definition) is 2. The minimum atomic E-state index is -0.507. The standard InChI is InChI=1S/C56H47NS/c1-54(2,3)36-23-25-38(26-24-36)56(37-15-7-6-8-16-37)49-21-13-10-18-43(49)45-31-28-41(35-51(45)56)57(39-29-32-53-47(33-39)46-19-11-14-22-52(46)58-53)40-27-30-44-42-17-9-12-20-48(42)55(4,5)50(44)34-40/h6-8,10-11,13-35H,9,12H2,1-5H3. The summed E-state index contributed by atoms with van der Waals surface area (Å²) in [4.78, 5) is 2.52. The molecule has 7 aromatic carbocycles. The quantitative estimate of drug-likeness (QED) is 0.169. The number of thiophene rings is 1. The van der Waals surface area contributed by atoms with Crippen molar-refractivity contribution in [3.8, 4) is 11.1 Å². The number of nitrogens with zero attached hydrogens (tertiary/aromatic N) is 1. The van der Waals surface area contributed by atoms with Gasteiger partial charge in [-0.15, -0.1) is 11.3 Å². The predicted octanol–water partition coefficient (Wildman–Crippen LogP) is 15.6. The summed E-state index contributed by atoms with van der Waals surface area (Å²) in [6.45, 7) is 11.7. The third-order valence-corrected chi connectivity index (χ3v) is 14.5. The number of benzene rings is 7. The van der Waals surface area contributed by atoms with Gasteiger partial charge in [-0.3, -0.25) is 0 Å². The second kappa shape index (κ2) is 12.8. The smallest absolute Gasteiger partial charge is 0.0714 e. The van der Waals surface area contributed by atoms with Crippen molar-refractivity contribution >= 4 is 54.1 Å². The molecular formula is C56H47NS. The molecule has 0 amide bonds. The van der Waals surface area contributed by atoms with Gasteiger partial charge in [0.1, 0.15) is 0 Å². The van der Waals surface area contributed by atoms with Crippen LogP contribution in [0.2, 0.25) is 0 Å². The van der Waals surface area contributed by atoms with Gasteiger partial charge in [-0.25, -0.2) is 0 Å². The molecule has 0 radical (unpaired) electrons. The predicted molar refractivity (Wildman–Crippen MR) is 248 cm³/mol. The van der Waals surface area contributed by atoms with E-state index >= 15 is 0 Å². The molecule has 58 heavy (non-hydrogen) atoms. The van der Waals surface area contributed by atoms with E-state index in [4.69, 9.17) is 0 Å². The first-order valence-corrected chi connectivity index (χ1v) is 21.6. The van der Waals surface area contributed by atoms with Gasteiger partial charge in [0.2, 0.25) is 0 Å². The first-order valence-electron chi connectivity index (χ1n) is 20.8. The van der Waals surface area contributed by atoms with Gasteiger partial charge in [0, 0.05) is 42.6 Å². The fourth-order valence-corrected chi connectivity index (χ4v) is 11.6. The molecule has 0 saturated heterocycles. The molecule has 3 aliphatic carbocycles. The average molecular weight is 766 g/mol. The molecule has 0 N–H and O–H groups in total. The van der Waals surface area contributed by atoms with Crippen LogP contribution in [0.15, 0.2) is 175 Å². The van der Waals surface area contributed by atoms with Crippen molar-refractivity contribution in [3.05, 3.63) is 214 Å². The molecule has 1 nitrogen and oxygen atoms in total. The van der Waals surface area contributed by atoms with E-state index in [1.54, 1.807) is 0 Å². The lowest BCUT2D eigenvalue weighted by molar-refractivity contribution is 0.589. The summed E-state index contributed by atoms with van der Waals surface area (Å²) in [5, 5.41) is 2.62. The molecule has 1 heterocycles. The molecule has 0 saturated carbocycles. The second-order valence-corrected chi connectivity index (χ2v) is 19.1. The van der Waals surface area contributed by atoms with Crippen molar-refractivity contribution in [2.75, 3.05) is 4.90 Å². The Kier molecular flexibility index (Phi) is 7.76. The van der Waals surface area contributed by atoms with E-state index in [0.717, 1.165) is 24.2 Å². The Morgan fingerprint density at radius 2 is 1.10 bits per heavy atom. The highest BCUT2D eigenvalue weighted by Gasteiger charge is 2.46. The van der Waals surface area contributed by atoms with Crippen LogP contribution in [0, 0.1) is 0 Å². The Bertz CT molecular complexity index is 3000. The molecule has 1 aromatic heterocycles. The molecule has 0 aliphatic heterocycles. The van der Waals surface area contributed by atoms with E-state index in [-0.39, 0.29) is 10.8 Å². The Labute approximate surface area is 346 Å². The molecule has 2 heteroatoms. The van der Waals surface area contributed by atoms with Crippen LogP contribution in [0.3, 0.4) is 0 Å². The number of rotatable bonds is 5.